The Bertz CT molecular complexity index is 300. The van der Waals surface area contributed by atoms with Crippen molar-refractivity contribution in [1.82, 2.24) is 9.78 Å². The topological polar surface area (TPSA) is 17.8 Å². The normalized spacial score (nSPS) is 11.7. The fourth-order valence-corrected chi connectivity index (χ4v) is 2.90. The summed E-state index contributed by atoms with van der Waals surface area (Å²) >= 11 is 2.32. The molecule has 0 unspecified atom stereocenters. The highest BCUT2D eigenvalue weighted by molar-refractivity contribution is 14.1. The summed E-state index contributed by atoms with van der Waals surface area (Å²) in [6, 6.07) is 0.459. The van der Waals surface area contributed by atoms with Gasteiger partial charge in [0.05, 0.1) is 0 Å². The summed E-state index contributed by atoms with van der Waals surface area (Å²) in [6.07, 6.45) is 0. The number of halogens is 1. The van der Waals surface area contributed by atoms with E-state index in [1.54, 1.807) is 0 Å². The van der Waals surface area contributed by atoms with Crippen molar-refractivity contribution in [2.24, 2.45) is 0 Å². The molecule has 0 aliphatic heterocycles. The van der Waals surface area contributed by atoms with Gasteiger partial charge in [-0.2, -0.15) is 5.10 Å². The van der Waals surface area contributed by atoms with Crippen molar-refractivity contribution in [3.05, 3.63) is 15.0 Å². The second-order valence-electron chi connectivity index (χ2n) is 3.98. The van der Waals surface area contributed by atoms with Gasteiger partial charge < -0.3 is 0 Å². The zero-order chi connectivity index (χ0) is 10.2. The lowest BCUT2D eigenvalue weighted by Gasteiger charge is -2.09. The molecule has 0 aromatic carbocycles. The molecule has 1 aromatic heterocycles. The smallest absolute Gasteiger partial charge is 0.127 e. The minimum absolute atomic E-state index is 0.459. The van der Waals surface area contributed by atoms with Crippen LogP contribution in [0.5, 0.6) is 0 Å². The lowest BCUT2D eigenvalue weighted by Crippen LogP contribution is -2.05. The Hall–Kier alpha value is -0.0600. The Morgan fingerprint density at radius 1 is 1.23 bits per heavy atom. The average molecular weight is 292 g/mol. The van der Waals surface area contributed by atoms with Crippen molar-refractivity contribution >= 4 is 22.6 Å². The molecule has 13 heavy (non-hydrogen) atoms. The summed E-state index contributed by atoms with van der Waals surface area (Å²) < 4.78 is 3.26. The Balaban J connectivity index is 3.22. The number of nitrogens with zero attached hydrogens (tertiary/aromatic N) is 2. The summed E-state index contributed by atoms with van der Waals surface area (Å²) in [6.45, 7) is 10.9. The molecular weight excluding hydrogens is 275 g/mol. The van der Waals surface area contributed by atoms with E-state index in [0.717, 1.165) is 3.70 Å². The fraction of sp³-hybridized carbons (Fsp3) is 0.700. The van der Waals surface area contributed by atoms with Gasteiger partial charge in [0.1, 0.15) is 3.70 Å². The highest BCUT2D eigenvalue weighted by Crippen LogP contribution is 2.26. The Labute approximate surface area is 93.9 Å². The summed E-state index contributed by atoms with van der Waals surface area (Å²) in [7, 11) is 0. The first kappa shape index (κ1) is 11.0. The maximum Gasteiger partial charge on any atom is 0.127 e. The molecule has 0 radical (unpaired) electrons. The van der Waals surface area contributed by atoms with Gasteiger partial charge in [0, 0.05) is 17.3 Å². The van der Waals surface area contributed by atoms with Crippen LogP contribution in [0.2, 0.25) is 0 Å². The van der Waals surface area contributed by atoms with Gasteiger partial charge in [-0.1, -0.05) is 13.8 Å². The van der Waals surface area contributed by atoms with Gasteiger partial charge in [0.25, 0.3) is 0 Å². The third kappa shape index (κ3) is 2.06. The lowest BCUT2D eigenvalue weighted by atomic mass is 10.1. The lowest BCUT2D eigenvalue weighted by molar-refractivity contribution is 0.515. The quantitative estimate of drug-likeness (QED) is 0.763. The standard InChI is InChI=1S/C10H17IN2/c1-6(2)9-8(5)13(7(3)4)12-10(9)11/h6-7H,1-5H3. The van der Waals surface area contributed by atoms with Gasteiger partial charge >= 0.3 is 0 Å². The second kappa shape index (κ2) is 3.98. The highest BCUT2D eigenvalue weighted by atomic mass is 127. The molecule has 0 bridgehead atoms. The van der Waals surface area contributed by atoms with E-state index in [2.05, 4.69) is 67.0 Å². The van der Waals surface area contributed by atoms with E-state index in [9.17, 15) is 0 Å². The Morgan fingerprint density at radius 3 is 2.00 bits per heavy atom. The third-order valence-electron chi connectivity index (χ3n) is 2.22. The van der Waals surface area contributed by atoms with Crippen molar-refractivity contribution in [3.63, 3.8) is 0 Å². The molecule has 0 atom stereocenters. The van der Waals surface area contributed by atoms with Gasteiger partial charge in [0.15, 0.2) is 0 Å². The van der Waals surface area contributed by atoms with Crippen LogP contribution in [0, 0.1) is 10.6 Å². The van der Waals surface area contributed by atoms with Crippen molar-refractivity contribution in [3.8, 4) is 0 Å². The fourth-order valence-electron chi connectivity index (χ4n) is 1.65. The average Bonchev–Trinajstić information content (AvgIpc) is 2.26. The molecule has 2 nitrogen and oxygen atoms in total. The zero-order valence-electron chi connectivity index (χ0n) is 8.93. The first-order valence-corrected chi connectivity index (χ1v) is 5.77. The van der Waals surface area contributed by atoms with Crippen LogP contribution in [0.15, 0.2) is 0 Å². The van der Waals surface area contributed by atoms with E-state index in [1.807, 2.05) is 0 Å². The predicted molar refractivity (Wildman–Crippen MR) is 64.2 cm³/mol. The number of aromatic nitrogens is 2. The molecule has 0 fully saturated rings. The van der Waals surface area contributed by atoms with Crippen LogP contribution in [-0.2, 0) is 0 Å². The van der Waals surface area contributed by atoms with Crippen molar-refractivity contribution in [2.75, 3.05) is 0 Å². The molecule has 0 N–H and O–H groups in total. The molecular formula is C10H17IN2. The molecule has 74 valence electrons. The van der Waals surface area contributed by atoms with Gasteiger partial charge in [-0.15, -0.1) is 0 Å². The number of hydrogen-bond donors (Lipinski definition) is 0. The molecule has 1 heterocycles. The monoisotopic (exact) mass is 292 g/mol. The van der Waals surface area contributed by atoms with E-state index in [4.69, 9.17) is 0 Å². The van der Waals surface area contributed by atoms with Gasteiger partial charge in [-0.3, -0.25) is 4.68 Å². The Morgan fingerprint density at radius 2 is 1.77 bits per heavy atom. The van der Waals surface area contributed by atoms with Crippen molar-refractivity contribution < 1.29 is 0 Å². The van der Waals surface area contributed by atoms with E-state index < -0.39 is 0 Å². The van der Waals surface area contributed by atoms with Crippen LogP contribution >= 0.6 is 22.6 Å². The molecule has 0 spiro atoms. The SMILES string of the molecule is Cc1c(C(C)C)c(I)nn1C(C)C. The van der Waals surface area contributed by atoms with Crippen LogP contribution in [0.4, 0.5) is 0 Å². The molecule has 0 saturated heterocycles. The summed E-state index contributed by atoms with van der Waals surface area (Å²) in [5, 5.41) is 4.53. The van der Waals surface area contributed by atoms with Crippen LogP contribution in [0.25, 0.3) is 0 Å². The van der Waals surface area contributed by atoms with E-state index in [-0.39, 0.29) is 0 Å². The van der Waals surface area contributed by atoms with Crippen LogP contribution in [-0.4, -0.2) is 9.78 Å². The second-order valence-corrected chi connectivity index (χ2v) is 5.00. The minimum atomic E-state index is 0.459. The van der Waals surface area contributed by atoms with Crippen LogP contribution in [0.3, 0.4) is 0 Å². The molecule has 1 aromatic rings. The molecule has 1 rings (SSSR count). The van der Waals surface area contributed by atoms with Gasteiger partial charge in [0.2, 0.25) is 0 Å². The van der Waals surface area contributed by atoms with Crippen LogP contribution in [0.1, 0.15) is 50.9 Å². The van der Waals surface area contributed by atoms with Gasteiger partial charge in [-0.05, 0) is 49.3 Å². The molecule has 0 aliphatic rings. The first-order chi connectivity index (χ1) is 5.95. The largest absolute Gasteiger partial charge is 0.266 e. The molecule has 0 amide bonds. The summed E-state index contributed by atoms with van der Waals surface area (Å²) in [5.74, 6) is 0.569. The predicted octanol–water partition coefficient (Wildman–Crippen LogP) is 3.50. The van der Waals surface area contributed by atoms with Crippen molar-refractivity contribution in [1.29, 1.82) is 0 Å². The van der Waals surface area contributed by atoms with Crippen LogP contribution < -0.4 is 0 Å². The summed E-state index contributed by atoms with van der Waals surface area (Å²) in [5.41, 5.74) is 2.71. The van der Waals surface area contributed by atoms with Gasteiger partial charge in [-0.25, -0.2) is 0 Å². The molecule has 0 saturated carbocycles. The first-order valence-electron chi connectivity index (χ1n) is 4.69. The maximum atomic E-state index is 4.53. The Kier molecular flexibility index (Phi) is 3.38. The number of hydrogen-bond acceptors (Lipinski definition) is 1. The highest BCUT2D eigenvalue weighted by Gasteiger charge is 2.16. The zero-order valence-corrected chi connectivity index (χ0v) is 11.1. The molecule has 3 heteroatoms. The minimum Gasteiger partial charge on any atom is -0.266 e. The third-order valence-corrected chi connectivity index (χ3v) is 3.01. The number of rotatable bonds is 2. The summed E-state index contributed by atoms with van der Waals surface area (Å²) in [4.78, 5) is 0. The molecule has 0 aliphatic carbocycles. The van der Waals surface area contributed by atoms with E-state index in [1.165, 1.54) is 11.3 Å². The maximum absolute atomic E-state index is 4.53. The van der Waals surface area contributed by atoms with E-state index in [0.29, 0.717) is 12.0 Å². The van der Waals surface area contributed by atoms with Crippen molar-refractivity contribution in [2.45, 2.75) is 46.6 Å². The van der Waals surface area contributed by atoms with E-state index >= 15 is 0 Å².